The molecule has 2 nitrogen and oxygen atoms in total. The molecule has 0 aliphatic carbocycles. The maximum absolute atomic E-state index is 4.75. The number of benzene rings is 3. The number of pyridine rings is 2. The molecule has 31 heavy (non-hydrogen) atoms. The highest BCUT2D eigenvalue weighted by atomic mass is 14.9. The van der Waals surface area contributed by atoms with Crippen molar-refractivity contribution in [1.82, 2.24) is 4.98 Å². The van der Waals surface area contributed by atoms with Crippen LogP contribution in [0.4, 0.5) is 0 Å². The molecule has 0 aliphatic heterocycles. The van der Waals surface area contributed by atoms with Crippen LogP contribution in [-0.4, -0.2) is 4.98 Å². The van der Waals surface area contributed by atoms with Crippen LogP contribution in [0.3, 0.4) is 0 Å². The molecule has 5 rings (SSSR count). The molecule has 0 radical (unpaired) electrons. The number of aryl methyl sites for hydroxylation is 3. The molecule has 0 saturated carbocycles. The van der Waals surface area contributed by atoms with E-state index in [9.17, 15) is 0 Å². The molecular formula is C29H29N2+. The average Bonchev–Trinajstić information content (AvgIpc) is 2.73. The fourth-order valence-electron chi connectivity index (χ4n) is 4.89. The Morgan fingerprint density at radius 1 is 0.742 bits per heavy atom. The van der Waals surface area contributed by atoms with Crippen molar-refractivity contribution in [3.8, 4) is 11.3 Å². The van der Waals surface area contributed by atoms with Crippen LogP contribution in [-0.2, 0) is 12.5 Å². The van der Waals surface area contributed by atoms with Gasteiger partial charge in [-0.15, -0.1) is 0 Å². The Morgan fingerprint density at radius 3 is 2.19 bits per heavy atom. The second-order valence-electron chi connectivity index (χ2n) is 9.71. The molecule has 0 N–H and O–H groups in total. The summed E-state index contributed by atoms with van der Waals surface area (Å²) < 4.78 is 2.26. The molecule has 0 saturated heterocycles. The van der Waals surface area contributed by atoms with Gasteiger partial charge in [0.2, 0.25) is 5.69 Å². The fraction of sp³-hybridized carbons (Fsp3) is 0.241. The van der Waals surface area contributed by atoms with E-state index >= 15 is 0 Å². The van der Waals surface area contributed by atoms with E-state index in [4.69, 9.17) is 4.98 Å². The van der Waals surface area contributed by atoms with Gasteiger partial charge in [0, 0.05) is 22.5 Å². The zero-order valence-corrected chi connectivity index (χ0v) is 19.2. The molecule has 0 bridgehead atoms. The molecule has 5 aromatic rings. The first-order valence-corrected chi connectivity index (χ1v) is 11.0. The van der Waals surface area contributed by atoms with Gasteiger partial charge in [0.1, 0.15) is 7.05 Å². The van der Waals surface area contributed by atoms with E-state index in [0.29, 0.717) is 0 Å². The summed E-state index contributed by atoms with van der Waals surface area (Å²) in [5.74, 6) is 0. The summed E-state index contributed by atoms with van der Waals surface area (Å²) in [5, 5.41) is 6.41. The lowest BCUT2D eigenvalue weighted by Crippen LogP contribution is -2.31. The standard InChI is InChI=1S/C29H29N2/c1-18-11-12-23-21-15-16-31(6)28(24(21)13-14-27(23)30-18)25-17-26(29(3,4)5)22-10-8-7-9-20(22)19(25)2/h7-17H,1-6H3/q+1. The van der Waals surface area contributed by atoms with Crippen LogP contribution in [0, 0.1) is 13.8 Å². The van der Waals surface area contributed by atoms with Crippen LogP contribution in [0.25, 0.3) is 43.7 Å². The highest BCUT2D eigenvalue weighted by Gasteiger charge is 2.24. The summed E-state index contributed by atoms with van der Waals surface area (Å²) in [5.41, 5.74) is 7.43. The van der Waals surface area contributed by atoms with Crippen LogP contribution in [0.15, 0.2) is 66.9 Å². The van der Waals surface area contributed by atoms with E-state index in [0.717, 1.165) is 11.2 Å². The first-order valence-electron chi connectivity index (χ1n) is 11.0. The van der Waals surface area contributed by atoms with Crippen LogP contribution < -0.4 is 4.57 Å². The van der Waals surface area contributed by atoms with Gasteiger partial charge in [0.15, 0.2) is 6.20 Å². The molecule has 0 spiro atoms. The van der Waals surface area contributed by atoms with Crippen LogP contribution in [0.5, 0.6) is 0 Å². The van der Waals surface area contributed by atoms with Gasteiger partial charge >= 0.3 is 0 Å². The van der Waals surface area contributed by atoms with Gasteiger partial charge in [-0.1, -0.05) is 51.1 Å². The normalized spacial score (nSPS) is 12.2. The molecule has 2 heteroatoms. The molecular weight excluding hydrogens is 376 g/mol. The van der Waals surface area contributed by atoms with Gasteiger partial charge in [-0.25, -0.2) is 4.57 Å². The third kappa shape index (κ3) is 3.09. The molecule has 0 aliphatic rings. The number of hydrogen-bond acceptors (Lipinski definition) is 1. The van der Waals surface area contributed by atoms with Gasteiger partial charge in [-0.05, 0) is 65.4 Å². The highest BCUT2D eigenvalue weighted by Crippen LogP contribution is 2.39. The lowest BCUT2D eigenvalue weighted by atomic mass is 9.80. The van der Waals surface area contributed by atoms with Crippen molar-refractivity contribution < 1.29 is 4.57 Å². The third-order valence-electron chi connectivity index (χ3n) is 6.50. The van der Waals surface area contributed by atoms with E-state index < -0.39 is 0 Å². The first-order chi connectivity index (χ1) is 14.8. The maximum Gasteiger partial charge on any atom is 0.220 e. The number of nitrogens with zero attached hydrogens (tertiary/aromatic N) is 2. The van der Waals surface area contributed by atoms with E-state index in [1.54, 1.807) is 0 Å². The zero-order chi connectivity index (χ0) is 21.9. The van der Waals surface area contributed by atoms with Crippen molar-refractivity contribution in [2.75, 3.05) is 0 Å². The van der Waals surface area contributed by atoms with Crippen molar-refractivity contribution in [3.05, 3.63) is 83.7 Å². The molecule has 2 heterocycles. The highest BCUT2D eigenvalue weighted by molar-refractivity contribution is 6.10. The minimum Gasteiger partial charge on any atom is -0.253 e. The number of hydrogen-bond donors (Lipinski definition) is 0. The van der Waals surface area contributed by atoms with Crippen molar-refractivity contribution in [3.63, 3.8) is 0 Å². The zero-order valence-electron chi connectivity index (χ0n) is 19.2. The Bertz CT molecular complexity index is 1490. The molecule has 0 atom stereocenters. The number of rotatable bonds is 1. The molecule has 154 valence electrons. The minimum absolute atomic E-state index is 0.0549. The summed E-state index contributed by atoms with van der Waals surface area (Å²) in [6.07, 6.45) is 2.18. The minimum atomic E-state index is 0.0549. The number of fused-ring (bicyclic) bond motifs is 4. The fourth-order valence-corrected chi connectivity index (χ4v) is 4.89. The second kappa shape index (κ2) is 6.88. The van der Waals surface area contributed by atoms with Crippen LogP contribution >= 0.6 is 0 Å². The second-order valence-corrected chi connectivity index (χ2v) is 9.71. The van der Waals surface area contributed by atoms with Gasteiger partial charge < -0.3 is 0 Å². The predicted octanol–water partition coefficient (Wildman–Crippen LogP) is 6.95. The van der Waals surface area contributed by atoms with Gasteiger partial charge in [0.25, 0.3) is 0 Å². The summed E-state index contributed by atoms with van der Waals surface area (Å²) in [6, 6.07) is 22.2. The summed E-state index contributed by atoms with van der Waals surface area (Å²) in [6.45, 7) is 11.2. The van der Waals surface area contributed by atoms with E-state index in [2.05, 4.69) is 106 Å². The topological polar surface area (TPSA) is 16.8 Å². The predicted molar refractivity (Wildman–Crippen MR) is 132 cm³/mol. The van der Waals surface area contributed by atoms with Crippen molar-refractivity contribution in [1.29, 1.82) is 0 Å². The van der Waals surface area contributed by atoms with E-state index in [1.807, 2.05) is 6.92 Å². The van der Waals surface area contributed by atoms with Crippen LogP contribution in [0.1, 0.15) is 37.6 Å². The van der Waals surface area contributed by atoms with Gasteiger partial charge in [-0.2, -0.15) is 0 Å². The third-order valence-corrected chi connectivity index (χ3v) is 6.50. The van der Waals surface area contributed by atoms with Crippen molar-refractivity contribution in [2.45, 2.75) is 40.0 Å². The Balaban J connectivity index is 1.93. The van der Waals surface area contributed by atoms with Crippen LogP contribution in [0.2, 0.25) is 0 Å². The molecule has 3 aromatic carbocycles. The van der Waals surface area contributed by atoms with Crippen molar-refractivity contribution >= 4 is 32.4 Å². The van der Waals surface area contributed by atoms with Gasteiger partial charge in [-0.3, -0.25) is 4.98 Å². The smallest absolute Gasteiger partial charge is 0.220 e. The average molecular weight is 406 g/mol. The molecule has 0 fully saturated rings. The van der Waals surface area contributed by atoms with Crippen molar-refractivity contribution in [2.24, 2.45) is 7.05 Å². The Hall–Kier alpha value is -3.26. The van der Waals surface area contributed by atoms with Gasteiger partial charge in [0.05, 0.1) is 16.5 Å². The van der Waals surface area contributed by atoms with E-state index in [-0.39, 0.29) is 5.41 Å². The summed E-state index contributed by atoms with van der Waals surface area (Å²) in [7, 11) is 2.15. The first kappa shape index (κ1) is 19.7. The Morgan fingerprint density at radius 2 is 1.45 bits per heavy atom. The molecule has 0 amide bonds. The largest absolute Gasteiger partial charge is 0.253 e. The van der Waals surface area contributed by atoms with E-state index in [1.165, 1.54) is 49.3 Å². The molecule has 2 aromatic heterocycles. The Kier molecular flexibility index (Phi) is 4.37. The summed E-state index contributed by atoms with van der Waals surface area (Å²) in [4.78, 5) is 4.75. The number of aromatic nitrogens is 2. The quantitative estimate of drug-likeness (QED) is 0.218. The maximum atomic E-state index is 4.75. The molecule has 0 unspecified atom stereocenters. The lowest BCUT2D eigenvalue weighted by molar-refractivity contribution is -0.659. The Labute approximate surface area is 184 Å². The SMILES string of the molecule is Cc1ccc2c(ccc3c(-c4cc(C(C)(C)C)c5ccccc5c4C)[n+](C)ccc32)n1. The monoisotopic (exact) mass is 405 g/mol. The summed E-state index contributed by atoms with van der Waals surface area (Å²) >= 11 is 0. The lowest BCUT2D eigenvalue weighted by Gasteiger charge is -2.24.